The van der Waals surface area contributed by atoms with Crippen LogP contribution < -0.4 is 9.47 Å². The molecule has 0 aromatic heterocycles. The average molecular weight is 655 g/mol. The Morgan fingerprint density at radius 1 is 0.739 bits per heavy atom. The van der Waals surface area contributed by atoms with E-state index in [4.69, 9.17) is 14.2 Å². The van der Waals surface area contributed by atoms with E-state index in [1.807, 2.05) is 24.3 Å². The molecule has 1 saturated carbocycles. The first-order valence-corrected chi connectivity index (χ1v) is 15.7. The molecule has 2 fully saturated rings. The van der Waals surface area contributed by atoms with Gasteiger partial charge in [-0.3, -0.25) is 0 Å². The maximum atomic E-state index is 15.2. The summed E-state index contributed by atoms with van der Waals surface area (Å²) in [6, 6.07) is 13.3. The van der Waals surface area contributed by atoms with Crippen molar-refractivity contribution in [3.63, 3.8) is 0 Å². The number of hydrogen-bond donors (Lipinski definition) is 0. The predicted molar refractivity (Wildman–Crippen MR) is 157 cm³/mol. The molecule has 11 heteroatoms. The molecular formula is C35H37F7O4. The number of benzene rings is 3. The second-order valence-electron chi connectivity index (χ2n) is 12.1. The summed E-state index contributed by atoms with van der Waals surface area (Å²) in [5.74, 6) is -4.39. The van der Waals surface area contributed by atoms with E-state index in [2.05, 4.69) is 11.7 Å². The van der Waals surface area contributed by atoms with Crippen LogP contribution in [0, 0.1) is 23.5 Å². The Morgan fingerprint density at radius 2 is 1.41 bits per heavy atom. The topological polar surface area (TPSA) is 36.9 Å². The van der Waals surface area contributed by atoms with E-state index >= 15 is 8.78 Å². The van der Waals surface area contributed by atoms with Crippen LogP contribution in [0.4, 0.5) is 30.7 Å². The van der Waals surface area contributed by atoms with Gasteiger partial charge in [0.25, 0.3) is 0 Å². The van der Waals surface area contributed by atoms with Gasteiger partial charge in [-0.1, -0.05) is 56.5 Å². The van der Waals surface area contributed by atoms with Crippen molar-refractivity contribution in [2.45, 2.75) is 83.0 Å². The number of rotatable bonds is 11. The third-order valence-corrected chi connectivity index (χ3v) is 8.73. The molecule has 3 aromatic rings. The van der Waals surface area contributed by atoms with Gasteiger partial charge in [-0.05, 0) is 73.4 Å². The van der Waals surface area contributed by atoms with Gasteiger partial charge in [0.2, 0.25) is 0 Å². The number of unbranched alkanes of at least 4 members (excludes halogenated alkanes) is 2. The van der Waals surface area contributed by atoms with Gasteiger partial charge in [0, 0.05) is 23.1 Å². The molecule has 0 unspecified atom stereocenters. The molecule has 0 N–H and O–H groups in total. The summed E-state index contributed by atoms with van der Waals surface area (Å²) in [6.07, 6.45) is -2.91. The van der Waals surface area contributed by atoms with Crippen LogP contribution in [0.5, 0.6) is 11.5 Å². The first-order chi connectivity index (χ1) is 21.9. The highest BCUT2D eigenvalue weighted by Gasteiger charge is 2.44. The molecule has 5 rings (SSSR count). The lowest BCUT2D eigenvalue weighted by molar-refractivity contribution is -0.275. The Kier molecular flexibility index (Phi) is 10.8. The van der Waals surface area contributed by atoms with E-state index in [1.165, 1.54) is 19.3 Å². The fraction of sp³-hybridized carbons (Fsp3) is 0.486. The molecule has 0 spiro atoms. The number of halogens is 7. The van der Waals surface area contributed by atoms with Gasteiger partial charge in [-0.25, -0.2) is 8.78 Å². The maximum absolute atomic E-state index is 15.2. The summed E-state index contributed by atoms with van der Waals surface area (Å²) >= 11 is 0. The first-order valence-electron chi connectivity index (χ1n) is 15.7. The summed E-state index contributed by atoms with van der Waals surface area (Å²) in [4.78, 5) is 0. The van der Waals surface area contributed by atoms with Crippen molar-refractivity contribution < 1.29 is 49.7 Å². The van der Waals surface area contributed by atoms with Crippen LogP contribution >= 0.6 is 0 Å². The van der Waals surface area contributed by atoms with Crippen molar-refractivity contribution >= 4 is 0 Å². The highest BCUT2D eigenvalue weighted by Crippen LogP contribution is 2.44. The van der Waals surface area contributed by atoms with Gasteiger partial charge >= 0.3 is 12.5 Å². The molecule has 1 aliphatic heterocycles. The van der Waals surface area contributed by atoms with E-state index in [9.17, 15) is 22.0 Å². The van der Waals surface area contributed by atoms with E-state index in [0.29, 0.717) is 44.1 Å². The summed E-state index contributed by atoms with van der Waals surface area (Å²) in [5.41, 5.74) is 1.69. The molecule has 1 saturated heterocycles. The zero-order valence-electron chi connectivity index (χ0n) is 25.4. The number of ether oxygens (including phenoxy) is 4. The summed E-state index contributed by atoms with van der Waals surface area (Å²) < 4.78 is 117. The Balaban J connectivity index is 1.13. The number of hydrogen-bond acceptors (Lipinski definition) is 4. The Labute approximate surface area is 263 Å². The van der Waals surface area contributed by atoms with E-state index in [-0.39, 0.29) is 29.9 Å². The van der Waals surface area contributed by atoms with Crippen LogP contribution in [0.25, 0.3) is 11.1 Å². The highest BCUT2D eigenvalue weighted by molar-refractivity contribution is 5.66. The molecule has 250 valence electrons. The highest BCUT2D eigenvalue weighted by atomic mass is 19.4. The van der Waals surface area contributed by atoms with Crippen LogP contribution in [0.1, 0.15) is 81.6 Å². The van der Waals surface area contributed by atoms with Gasteiger partial charge in [0.15, 0.2) is 17.9 Å². The van der Waals surface area contributed by atoms with Gasteiger partial charge in [0.05, 0.1) is 19.1 Å². The van der Waals surface area contributed by atoms with Crippen LogP contribution in [-0.2, 0) is 9.47 Å². The van der Waals surface area contributed by atoms with Crippen molar-refractivity contribution in [3.8, 4) is 22.6 Å². The minimum Gasteiger partial charge on any atom is -0.432 e. The molecular weight excluding hydrogens is 617 g/mol. The van der Waals surface area contributed by atoms with Crippen LogP contribution in [0.3, 0.4) is 0 Å². The second kappa shape index (κ2) is 14.6. The van der Waals surface area contributed by atoms with E-state index in [0.717, 1.165) is 41.8 Å². The third-order valence-electron chi connectivity index (χ3n) is 8.73. The minimum atomic E-state index is -5.10. The first kappa shape index (κ1) is 34.0. The molecule has 3 aromatic carbocycles. The van der Waals surface area contributed by atoms with Gasteiger partial charge < -0.3 is 18.9 Å². The summed E-state index contributed by atoms with van der Waals surface area (Å²) in [7, 11) is 0. The van der Waals surface area contributed by atoms with Gasteiger partial charge in [0.1, 0.15) is 11.6 Å². The van der Waals surface area contributed by atoms with Crippen LogP contribution in [0.2, 0.25) is 0 Å². The van der Waals surface area contributed by atoms with Crippen LogP contribution in [0.15, 0.2) is 60.7 Å². The predicted octanol–water partition coefficient (Wildman–Crippen LogP) is 10.7. The average Bonchev–Trinajstić information content (AvgIpc) is 3.02. The molecule has 46 heavy (non-hydrogen) atoms. The Bertz CT molecular complexity index is 1430. The largest absolute Gasteiger partial charge is 0.573 e. The minimum absolute atomic E-state index is 0.0978. The smallest absolute Gasteiger partial charge is 0.432 e. The standard InChI is InChI=1S/C35H37F7O4/c1-2-3-4-5-22-20-43-33(44-21-22)25-8-6-23(7-9-25)24-10-13-27(14-11-24)34(38,39)45-28-15-16-29(30(36)19-28)26-12-17-32(31(37)18-26)46-35(40,41)42/h6-9,12,15-19,22,24,27,33H,2-5,10-11,13-14,20-21H2,1H3. The Morgan fingerprint density at radius 3 is 2.02 bits per heavy atom. The maximum Gasteiger partial charge on any atom is 0.573 e. The Hall–Kier alpha value is -3.31. The SMILES string of the molecule is CCCCCC1COC(c2ccc(C3CCC(C(F)(F)Oc4ccc(-c5ccc(OC(F)(F)F)c(F)c5)c(F)c4)CC3)cc2)OC1. The molecule has 1 heterocycles. The fourth-order valence-corrected chi connectivity index (χ4v) is 6.18. The fourth-order valence-electron chi connectivity index (χ4n) is 6.18. The van der Waals surface area contributed by atoms with Crippen LogP contribution in [-0.4, -0.2) is 25.7 Å². The monoisotopic (exact) mass is 654 g/mol. The second-order valence-corrected chi connectivity index (χ2v) is 12.1. The van der Waals surface area contributed by atoms with Crippen molar-refractivity contribution in [3.05, 3.63) is 83.4 Å². The molecule has 0 amide bonds. The number of alkyl halides is 5. The molecule has 4 nitrogen and oxygen atoms in total. The molecule has 0 radical (unpaired) electrons. The third kappa shape index (κ3) is 8.73. The van der Waals surface area contributed by atoms with Crippen molar-refractivity contribution in [2.24, 2.45) is 11.8 Å². The quantitative estimate of drug-likeness (QED) is 0.152. The van der Waals surface area contributed by atoms with E-state index < -0.39 is 47.8 Å². The molecule has 2 aliphatic rings. The van der Waals surface area contributed by atoms with Crippen molar-refractivity contribution in [1.82, 2.24) is 0 Å². The lowest BCUT2D eigenvalue weighted by Gasteiger charge is -2.33. The summed E-state index contributed by atoms with van der Waals surface area (Å²) in [6.45, 7) is 3.52. The lowest BCUT2D eigenvalue weighted by Crippen LogP contribution is -2.37. The summed E-state index contributed by atoms with van der Waals surface area (Å²) in [5, 5.41) is 0. The van der Waals surface area contributed by atoms with Gasteiger partial charge in [-0.15, -0.1) is 13.2 Å². The molecule has 1 aliphatic carbocycles. The normalized spacial score (nSPS) is 22.4. The molecule has 0 atom stereocenters. The van der Waals surface area contributed by atoms with Crippen molar-refractivity contribution in [2.75, 3.05) is 13.2 Å². The van der Waals surface area contributed by atoms with Gasteiger partial charge in [-0.2, -0.15) is 8.78 Å². The lowest BCUT2D eigenvalue weighted by atomic mass is 9.78. The molecule has 0 bridgehead atoms. The zero-order valence-corrected chi connectivity index (χ0v) is 25.4. The van der Waals surface area contributed by atoms with E-state index in [1.54, 1.807) is 0 Å². The zero-order chi connectivity index (χ0) is 32.9. The van der Waals surface area contributed by atoms with Crippen molar-refractivity contribution in [1.29, 1.82) is 0 Å².